The van der Waals surface area contributed by atoms with Gasteiger partial charge in [-0.2, -0.15) is 0 Å². The summed E-state index contributed by atoms with van der Waals surface area (Å²) in [6.07, 6.45) is 0. The number of benzene rings is 8. The largest absolute Gasteiger partial charge is 0.456 e. The Bertz CT molecular complexity index is 3200. The van der Waals surface area contributed by atoms with Gasteiger partial charge in [0.25, 0.3) is 0 Å². The van der Waals surface area contributed by atoms with Gasteiger partial charge in [-0.05, 0) is 119 Å². The lowest BCUT2D eigenvalue weighted by molar-refractivity contribution is 0.668. The second-order valence-corrected chi connectivity index (χ2v) is 16.2. The minimum Gasteiger partial charge on any atom is -0.456 e. The van der Waals surface area contributed by atoms with Crippen molar-refractivity contribution in [2.24, 2.45) is 4.99 Å². The van der Waals surface area contributed by atoms with Crippen LogP contribution in [-0.4, -0.2) is 5.71 Å². The summed E-state index contributed by atoms with van der Waals surface area (Å²) < 4.78 is 8.83. The van der Waals surface area contributed by atoms with Gasteiger partial charge in [-0.1, -0.05) is 146 Å². The van der Waals surface area contributed by atoms with E-state index < -0.39 is 0 Å². The van der Waals surface area contributed by atoms with Gasteiger partial charge in [0, 0.05) is 36.5 Å². The first-order valence-electron chi connectivity index (χ1n) is 19.9. The van der Waals surface area contributed by atoms with Crippen molar-refractivity contribution < 1.29 is 4.42 Å². The molecule has 8 aromatic carbocycles. The van der Waals surface area contributed by atoms with Crippen LogP contribution in [0.5, 0.6) is 0 Å². The second-order valence-electron chi connectivity index (χ2n) is 15.1. The van der Waals surface area contributed by atoms with E-state index >= 15 is 0 Å². The molecule has 0 spiro atoms. The summed E-state index contributed by atoms with van der Waals surface area (Å²) in [5.74, 6) is 0. The Balaban J connectivity index is 1.05. The molecule has 0 fully saturated rings. The van der Waals surface area contributed by atoms with Crippen LogP contribution in [0, 0.1) is 0 Å². The van der Waals surface area contributed by atoms with Gasteiger partial charge in [0.2, 0.25) is 0 Å². The minimum atomic E-state index is -0.118. The van der Waals surface area contributed by atoms with Gasteiger partial charge < -0.3 is 4.42 Å². The van der Waals surface area contributed by atoms with Gasteiger partial charge in [0.1, 0.15) is 11.2 Å². The van der Waals surface area contributed by atoms with Crippen molar-refractivity contribution in [1.82, 2.24) is 0 Å². The lowest BCUT2D eigenvalue weighted by Gasteiger charge is -2.16. The molecule has 0 amide bonds. The van der Waals surface area contributed by atoms with E-state index in [0.29, 0.717) is 0 Å². The third-order valence-electron chi connectivity index (χ3n) is 11.6. The second kappa shape index (κ2) is 14.9. The zero-order chi connectivity index (χ0) is 39.2. The minimum absolute atomic E-state index is 0.118. The van der Waals surface area contributed by atoms with Crippen molar-refractivity contribution in [2.75, 3.05) is 0 Å². The first-order valence-corrected chi connectivity index (χ1v) is 20.7. The smallest absolute Gasteiger partial charge is 0.135 e. The van der Waals surface area contributed by atoms with E-state index in [0.717, 1.165) is 44.4 Å². The van der Waals surface area contributed by atoms with Crippen molar-refractivity contribution in [2.45, 2.75) is 26.8 Å². The maximum Gasteiger partial charge on any atom is 0.135 e. The Morgan fingerprint density at radius 2 is 1.07 bits per heavy atom. The number of nitrogens with zero attached hydrogens (tertiary/aromatic N) is 1. The van der Waals surface area contributed by atoms with Crippen LogP contribution in [0.15, 0.2) is 203 Å². The fourth-order valence-corrected chi connectivity index (χ4v) is 9.50. The standard InChI is InChI=1S/C55H41NOS/c1-35(38-15-6-4-7-16-38)36(2)55(56-37(3)46-24-14-26-51-54(46)48-23-10-11-25-50(48)57-51)45-28-30-52-49(33-45)47-29-27-44(34-53(47)58-52)43-22-13-21-42(32-43)41-20-12-19-40(31-41)39-17-8-5-9-18-39/h4-34,37H,1-3H3/b36-35+,56-55+. The summed E-state index contributed by atoms with van der Waals surface area (Å²) in [4.78, 5) is 5.60. The number of para-hydroxylation sites is 1. The van der Waals surface area contributed by atoms with Crippen LogP contribution in [0.25, 0.3) is 81.1 Å². The summed E-state index contributed by atoms with van der Waals surface area (Å²) in [6, 6.07) is 67.3. The molecule has 2 aromatic heterocycles. The van der Waals surface area contributed by atoms with E-state index in [4.69, 9.17) is 9.41 Å². The molecule has 0 aliphatic carbocycles. The van der Waals surface area contributed by atoms with Gasteiger partial charge in [-0.15, -0.1) is 11.3 Å². The Hall–Kier alpha value is -6.81. The molecule has 1 atom stereocenters. The third-order valence-corrected chi connectivity index (χ3v) is 12.7. The molecule has 58 heavy (non-hydrogen) atoms. The molecule has 0 bridgehead atoms. The molecule has 0 radical (unpaired) electrons. The molecule has 0 aliphatic heterocycles. The molecule has 0 saturated carbocycles. The Morgan fingerprint density at radius 1 is 0.466 bits per heavy atom. The SMILES string of the molecule is CC(/C(=N\C(C)c1cccc2oc3ccccc3c12)c1ccc2sc3cc(-c4cccc(-c5cccc(-c6ccccc6)c5)c4)ccc3c2c1)=C(/C)c1ccccc1. The van der Waals surface area contributed by atoms with Gasteiger partial charge in [0.05, 0.1) is 11.8 Å². The molecule has 10 aromatic rings. The molecule has 278 valence electrons. The molecule has 0 saturated heterocycles. The molecule has 1 unspecified atom stereocenters. The van der Waals surface area contributed by atoms with Crippen molar-refractivity contribution in [3.05, 3.63) is 210 Å². The van der Waals surface area contributed by atoms with Crippen molar-refractivity contribution >= 4 is 64.7 Å². The number of furan rings is 1. The summed E-state index contributed by atoms with van der Waals surface area (Å²) in [6.45, 7) is 6.64. The predicted molar refractivity (Wildman–Crippen MR) is 249 cm³/mol. The molecular formula is C55H41NOS. The van der Waals surface area contributed by atoms with Crippen molar-refractivity contribution in [1.29, 1.82) is 0 Å². The van der Waals surface area contributed by atoms with Crippen LogP contribution in [0.2, 0.25) is 0 Å². The fraction of sp³-hybridized carbons (Fsp3) is 0.0727. The lowest BCUT2D eigenvalue weighted by atomic mass is 9.93. The van der Waals surface area contributed by atoms with E-state index in [-0.39, 0.29) is 6.04 Å². The highest BCUT2D eigenvalue weighted by molar-refractivity contribution is 7.25. The van der Waals surface area contributed by atoms with Crippen LogP contribution in [0.4, 0.5) is 0 Å². The van der Waals surface area contributed by atoms with Crippen LogP contribution < -0.4 is 0 Å². The van der Waals surface area contributed by atoms with Crippen molar-refractivity contribution in [3.8, 4) is 33.4 Å². The van der Waals surface area contributed by atoms with Crippen molar-refractivity contribution in [3.63, 3.8) is 0 Å². The van der Waals surface area contributed by atoms with E-state index in [1.807, 2.05) is 23.5 Å². The molecule has 2 heterocycles. The normalized spacial score (nSPS) is 13.1. The number of hydrogen-bond donors (Lipinski definition) is 0. The predicted octanol–water partition coefficient (Wildman–Crippen LogP) is 16.0. The summed E-state index contributed by atoms with van der Waals surface area (Å²) in [5, 5.41) is 4.78. The molecule has 3 heteroatoms. The monoisotopic (exact) mass is 763 g/mol. The maximum absolute atomic E-state index is 6.28. The van der Waals surface area contributed by atoms with Crippen LogP contribution in [-0.2, 0) is 0 Å². The van der Waals surface area contributed by atoms with Crippen LogP contribution in [0.1, 0.15) is 43.5 Å². The summed E-state index contributed by atoms with van der Waals surface area (Å²) in [7, 11) is 0. The molecular weight excluding hydrogens is 723 g/mol. The quantitative estimate of drug-likeness (QED) is 0.142. The van der Waals surface area contributed by atoms with Gasteiger partial charge in [0.15, 0.2) is 0 Å². The number of fused-ring (bicyclic) bond motifs is 6. The summed E-state index contributed by atoms with van der Waals surface area (Å²) in [5.41, 5.74) is 16.0. The highest BCUT2D eigenvalue weighted by atomic mass is 32.1. The topological polar surface area (TPSA) is 25.5 Å². The molecule has 0 aliphatic rings. The zero-order valence-corrected chi connectivity index (χ0v) is 33.6. The van der Waals surface area contributed by atoms with Gasteiger partial charge in [-0.25, -0.2) is 0 Å². The van der Waals surface area contributed by atoms with E-state index in [9.17, 15) is 0 Å². The van der Waals surface area contributed by atoms with Crippen LogP contribution >= 0.6 is 11.3 Å². The Labute approximate surface area is 343 Å². The highest BCUT2D eigenvalue weighted by Gasteiger charge is 2.19. The van der Waals surface area contributed by atoms with Crippen LogP contribution in [0.3, 0.4) is 0 Å². The number of thiophene rings is 1. The maximum atomic E-state index is 6.28. The Morgan fingerprint density at radius 3 is 1.81 bits per heavy atom. The van der Waals surface area contributed by atoms with Gasteiger partial charge >= 0.3 is 0 Å². The fourth-order valence-electron chi connectivity index (χ4n) is 8.37. The number of hydrogen-bond acceptors (Lipinski definition) is 3. The molecule has 2 nitrogen and oxygen atoms in total. The Kier molecular flexibility index (Phi) is 9.16. The third kappa shape index (κ3) is 6.54. The average molecular weight is 764 g/mol. The highest BCUT2D eigenvalue weighted by Crippen LogP contribution is 2.40. The number of allylic oxidation sites excluding steroid dienone is 2. The zero-order valence-electron chi connectivity index (χ0n) is 32.7. The number of rotatable bonds is 8. The number of aliphatic imine (C=N–C) groups is 1. The van der Waals surface area contributed by atoms with E-state index in [1.165, 1.54) is 64.7 Å². The van der Waals surface area contributed by atoms with Gasteiger partial charge in [-0.3, -0.25) is 4.99 Å². The lowest BCUT2D eigenvalue weighted by Crippen LogP contribution is -2.07. The first kappa shape index (κ1) is 35.6. The average Bonchev–Trinajstić information content (AvgIpc) is 3.86. The molecule has 10 rings (SSSR count). The first-order chi connectivity index (χ1) is 28.5. The van der Waals surface area contributed by atoms with E-state index in [1.54, 1.807) is 0 Å². The molecule has 0 N–H and O–H groups in total. The summed E-state index contributed by atoms with van der Waals surface area (Å²) >= 11 is 1.85. The van der Waals surface area contributed by atoms with E-state index in [2.05, 4.69) is 197 Å².